The zero-order chi connectivity index (χ0) is 21.0. The van der Waals surface area contributed by atoms with Crippen molar-refractivity contribution in [1.82, 2.24) is 10.2 Å². The summed E-state index contributed by atoms with van der Waals surface area (Å²) in [4.78, 5) is 17.7. The monoisotopic (exact) mass is 417 g/mol. The SMILES string of the molecule is O=C(NC1CCCN(CC2CCCCC2)C1)N1CCc2cc(-c3ccccc3)ccc21. The third-order valence-corrected chi connectivity index (χ3v) is 7.40. The Morgan fingerprint density at radius 3 is 2.58 bits per heavy atom. The second kappa shape index (κ2) is 9.44. The highest BCUT2D eigenvalue weighted by Gasteiger charge is 2.29. The number of fused-ring (bicyclic) bond motifs is 1. The molecule has 1 aliphatic carbocycles. The highest BCUT2D eigenvalue weighted by atomic mass is 16.2. The number of anilines is 1. The molecule has 2 heterocycles. The Morgan fingerprint density at radius 1 is 0.903 bits per heavy atom. The number of nitrogens with zero attached hydrogens (tertiary/aromatic N) is 2. The van der Waals surface area contributed by atoms with Gasteiger partial charge in [0.1, 0.15) is 0 Å². The first-order valence-electron chi connectivity index (χ1n) is 12.2. The Kier molecular flexibility index (Phi) is 6.26. The lowest BCUT2D eigenvalue weighted by Crippen LogP contribution is -2.52. The Morgan fingerprint density at radius 2 is 1.74 bits per heavy atom. The maximum atomic E-state index is 13.1. The van der Waals surface area contributed by atoms with E-state index in [2.05, 4.69) is 52.7 Å². The smallest absolute Gasteiger partial charge is 0.322 e. The minimum atomic E-state index is 0.0794. The molecule has 1 N–H and O–H groups in total. The predicted octanol–water partition coefficient (Wildman–Crippen LogP) is 5.47. The Bertz CT molecular complexity index is 891. The number of hydrogen-bond acceptors (Lipinski definition) is 2. The van der Waals surface area contributed by atoms with E-state index in [1.807, 2.05) is 11.0 Å². The van der Waals surface area contributed by atoms with Crippen LogP contribution in [0.3, 0.4) is 0 Å². The van der Waals surface area contributed by atoms with Gasteiger partial charge in [-0.15, -0.1) is 0 Å². The van der Waals surface area contributed by atoms with Gasteiger partial charge in [-0.25, -0.2) is 4.79 Å². The van der Waals surface area contributed by atoms with E-state index < -0.39 is 0 Å². The van der Waals surface area contributed by atoms with Gasteiger partial charge in [-0.2, -0.15) is 0 Å². The molecule has 2 fully saturated rings. The molecule has 31 heavy (non-hydrogen) atoms. The Balaban J connectivity index is 1.20. The summed E-state index contributed by atoms with van der Waals surface area (Å²) in [6, 6.07) is 17.4. The van der Waals surface area contributed by atoms with Crippen molar-refractivity contribution in [2.75, 3.05) is 31.1 Å². The van der Waals surface area contributed by atoms with Crippen molar-refractivity contribution in [3.63, 3.8) is 0 Å². The molecule has 1 unspecified atom stereocenters. The van der Waals surface area contributed by atoms with Crippen LogP contribution < -0.4 is 10.2 Å². The fourth-order valence-electron chi connectivity index (χ4n) is 5.75. The summed E-state index contributed by atoms with van der Waals surface area (Å²) in [5.74, 6) is 0.868. The van der Waals surface area contributed by atoms with E-state index in [9.17, 15) is 4.79 Å². The van der Waals surface area contributed by atoms with Gasteiger partial charge in [0.25, 0.3) is 0 Å². The zero-order valence-corrected chi connectivity index (χ0v) is 18.6. The number of hydrogen-bond donors (Lipinski definition) is 1. The number of benzene rings is 2. The second-order valence-electron chi connectivity index (χ2n) is 9.66. The van der Waals surface area contributed by atoms with E-state index >= 15 is 0 Å². The molecule has 1 atom stereocenters. The van der Waals surface area contributed by atoms with E-state index in [0.29, 0.717) is 0 Å². The summed E-state index contributed by atoms with van der Waals surface area (Å²) in [6.07, 6.45) is 10.2. The molecule has 164 valence electrons. The third-order valence-electron chi connectivity index (χ3n) is 7.40. The third kappa shape index (κ3) is 4.79. The van der Waals surface area contributed by atoms with Crippen LogP contribution in [0, 0.1) is 5.92 Å². The van der Waals surface area contributed by atoms with Crippen LogP contribution in [0.25, 0.3) is 11.1 Å². The number of carbonyl (C=O) groups excluding carboxylic acids is 1. The first kappa shape index (κ1) is 20.6. The molecule has 0 bridgehead atoms. The first-order valence-corrected chi connectivity index (χ1v) is 12.2. The number of carbonyl (C=O) groups is 1. The fourth-order valence-corrected chi connectivity index (χ4v) is 5.75. The van der Waals surface area contributed by atoms with Crippen LogP contribution in [0.1, 0.15) is 50.5 Å². The zero-order valence-electron chi connectivity index (χ0n) is 18.6. The van der Waals surface area contributed by atoms with Crippen LogP contribution in [0.2, 0.25) is 0 Å². The summed E-state index contributed by atoms with van der Waals surface area (Å²) in [7, 11) is 0. The normalized spacial score (nSPS) is 22.3. The second-order valence-corrected chi connectivity index (χ2v) is 9.66. The molecule has 0 aromatic heterocycles. The molecule has 4 heteroatoms. The quantitative estimate of drug-likeness (QED) is 0.716. The molecule has 0 spiro atoms. The number of likely N-dealkylation sites (tertiary alicyclic amines) is 1. The minimum Gasteiger partial charge on any atom is -0.334 e. The van der Waals surface area contributed by atoms with Crippen molar-refractivity contribution in [2.45, 2.75) is 57.4 Å². The fraction of sp³-hybridized carbons (Fsp3) is 0.519. The van der Waals surface area contributed by atoms with Gasteiger partial charge in [0.05, 0.1) is 0 Å². The van der Waals surface area contributed by atoms with Crippen molar-refractivity contribution in [2.24, 2.45) is 5.92 Å². The van der Waals surface area contributed by atoms with Crippen molar-refractivity contribution >= 4 is 11.7 Å². The van der Waals surface area contributed by atoms with Gasteiger partial charge in [-0.1, -0.05) is 55.7 Å². The maximum Gasteiger partial charge on any atom is 0.322 e. The van der Waals surface area contributed by atoms with Crippen molar-refractivity contribution in [3.05, 3.63) is 54.1 Å². The number of amides is 2. The number of rotatable bonds is 4. The number of nitrogens with one attached hydrogen (secondary N) is 1. The van der Waals surface area contributed by atoms with Crippen LogP contribution in [0.5, 0.6) is 0 Å². The lowest BCUT2D eigenvalue weighted by molar-refractivity contribution is 0.151. The van der Waals surface area contributed by atoms with Gasteiger partial charge < -0.3 is 10.2 Å². The van der Waals surface area contributed by atoms with E-state index in [-0.39, 0.29) is 12.1 Å². The van der Waals surface area contributed by atoms with E-state index in [4.69, 9.17) is 0 Å². The van der Waals surface area contributed by atoms with Crippen LogP contribution >= 0.6 is 0 Å². The minimum absolute atomic E-state index is 0.0794. The molecule has 2 aromatic carbocycles. The van der Waals surface area contributed by atoms with Gasteiger partial charge in [0, 0.05) is 31.4 Å². The molecule has 4 nitrogen and oxygen atoms in total. The lowest BCUT2D eigenvalue weighted by Gasteiger charge is -2.36. The molecule has 2 amide bonds. The topological polar surface area (TPSA) is 35.6 Å². The first-order chi connectivity index (χ1) is 15.3. The molecule has 0 radical (unpaired) electrons. The summed E-state index contributed by atoms with van der Waals surface area (Å²) in [5, 5.41) is 3.36. The van der Waals surface area contributed by atoms with Crippen molar-refractivity contribution < 1.29 is 4.79 Å². The lowest BCUT2D eigenvalue weighted by atomic mass is 9.88. The predicted molar refractivity (Wildman–Crippen MR) is 127 cm³/mol. The number of urea groups is 1. The Hall–Kier alpha value is -2.33. The number of piperidine rings is 1. The van der Waals surface area contributed by atoms with Crippen LogP contribution in [-0.2, 0) is 6.42 Å². The molecule has 1 saturated carbocycles. The summed E-state index contributed by atoms with van der Waals surface area (Å²) in [5.41, 5.74) is 4.81. The van der Waals surface area contributed by atoms with Crippen molar-refractivity contribution in [1.29, 1.82) is 0 Å². The highest BCUT2D eigenvalue weighted by Crippen LogP contribution is 2.32. The van der Waals surface area contributed by atoms with E-state index in [1.54, 1.807) is 0 Å². The van der Waals surface area contributed by atoms with Gasteiger partial charge >= 0.3 is 6.03 Å². The standard InChI is InChI=1S/C27H35N3O/c31-27(28-25-12-7-16-29(20-25)19-21-8-3-1-4-9-21)30-17-15-24-18-23(13-14-26(24)30)22-10-5-2-6-11-22/h2,5-6,10-11,13-14,18,21,25H,1,3-4,7-9,12,15-17,19-20H2,(H,28,31). The molecule has 1 saturated heterocycles. The summed E-state index contributed by atoms with van der Waals surface area (Å²) in [6.45, 7) is 4.20. The molecular formula is C27H35N3O. The average Bonchev–Trinajstić information content (AvgIpc) is 3.24. The molecule has 2 aliphatic heterocycles. The van der Waals surface area contributed by atoms with Crippen LogP contribution in [-0.4, -0.2) is 43.2 Å². The largest absolute Gasteiger partial charge is 0.334 e. The average molecular weight is 418 g/mol. The van der Waals surface area contributed by atoms with Gasteiger partial charge in [0.15, 0.2) is 0 Å². The van der Waals surface area contributed by atoms with Gasteiger partial charge in [0.2, 0.25) is 0 Å². The van der Waals surface area contributed by atoms with Crippen molar-refractivity contribution in [3.8, 4) is 11.1 Å². The van der Waals surface area contributed by atoms with Crippen LogP contribution in [0.4, 0.5) is 10.5 Å². The van der Waals surface area contributed by atoms with Crippen LogP contribution in [0.15, 0.2) is 48.5 Å². The summed E-state index contributed by atoms with van der Waals surface area (Å²) >= 11 is 0. The van der Waals surface area contributed by atoms with E-state index in [1.165, 1.54) is 68.3 Å². The molecule has 5 rings (SSSR count). The molecule has 2 aromatic rings. The Labute approximate surface area is 186 Å². The maximum absolute atomic E-state index is 13.1. The highest BCUT2D eigenvalue weighted by molar-refractivity contribution is 5.95. The van der Waals surface area contributed by atoms with Gasteiger partial charge in [-0.3, -0.25) is 4.90 Å². The summed E-state index contributed by atoms with van der Waals surface area (Å²) < 4.78 is 0. The van der Waals surface area contributed by atoms with E-state index in [0.717, 1.165) is 37.5 Å². The molecule has 3 aliphatic rings. The molecular weight excluding hydrogens is 382 g/mol. The van der Waals surface area contributed by atoms with Gasteiger partial charge in [-0.05, 0) is 73.4 Å².